The lowest BCUT2D eigenvalue weighted by Gasteiger charge is -2.43. The summed E-state index contributed by atoms with van der Waals surface area (Å²) in [6.07, 6.45) is 3.15. The van der Waals surface area contributed by atoms with E-state index in [0.29, 0.717) is 5.92 Å². The second-order valence-corrected chi connectivity index (χ2v) is 4.44. The summed E-state index contributed by atoms with van der Waals surface area (Å²) in [5, 5.41) is 5.85. The van der Waals surface area contributed by atoms with Crippen molar-refractivity contribution in [2.75, 3.05) is 19.8 Å². The van der Waals surface area contributed by atoms with E-state index in [1.807, 2.05) is 0 Å². The van der Waals surface area contributed by atoms with Crippen molar-refractivity contribution in [3.8, 4) is 0 Å². The summed E-state index contributed by atoms with van der Waals surface area (Å²) in [7, 11) is 0. The van der Waals surface area contributed by atoms with E-state index in [0.717, 1.165) is 39.0 Å². The fourth-order valence-corrected chi connectivity index (χ4v) is 2.44. The molecule has 4 heteroatoms. The fourth-order valence-electron chi connectivity index (χ4n) is 2.44. The van der Waals surface area contributed by atoms with Crippen molar-refractivity contribution in [3.05, 3.63) is 0 Å². The molecule has 2 rings (SSSR count). The molecule has 0 aromatic rings. The second-order valence-electron chi connectivity index (χ2n) is 4.44. The monoisotopic (exact) mass is 198 g/mol. The van der Waals surface area contributed by atoms with Crippen molar-refractivity contribution in [2.24, 2.45) is 5.92 Å². The van der Waals surface area contributed by atoms with E-state index in [-0.39, 0.29) is 11.6 Å². The van der Waals surface area contributed by atoms with E-state index in [1.165, 1.54) is 0 Å². The number of urea groups is 1. The van der Waals surface area contributed by atoms with Gasteiger partial charge in [-0.3, -0.25) is 0 Å². The number of rotatable bonds is 1. The number of hydrogen-bond acceptors (Lipinski definition) is 2. The molecule has 0 radical (unpaired) electrons. The smallest absolute Gasteiger partial charge is 0.315 e. The van der Waals surface area contributed by atoms with E-state index in [4.69, 9.17) is 4.74 Å². The topological polar surface area (TPSA) is 50.4 Å². The molecule has 2 heterocycles. The first-order valence-electron chi connectivity index (χ1n) is 5.34. The summed E-state index contributed by atoms with van der Waals surface area (Å²) in [6.45, 7) is 4.62. The Kier molecular flexibility index (Phi) is 2.63. The fraction of sp³-hybridized carbons (Fsp3) is 0.900. The number of ether oxygens (including phenoxy) is 1. The van der Waals surface area contributed by atoms with Crippen LogP contribution in [-0.4, -0.2) is 31.3 Å². The van der Waals surface area contributed by atoms with Gasteiger partial charge in [0.15, 0.2) is 0 Å². The third-order valence-electron chi connectivity index (χ3n) is 3.45. The Balaban J connectivity index is 2.01. The van der Waals surface area contributed by atoms with Gasteiger partial charge in [-0.05, 0) is 32.1 Å². The van der Waals surface area contributed by atoms with Crippen LogP contribution in [0.1, 0.15) is 26.2 Å². The minimum atomic E-state index is -0.0229. The van der Waals surface area contributed by atoms with E-state index >= 15 is 0 Å². The molecule has 0 aromatic carbocycles. The highest BCUT2D eigenvalue weighted by atomic mass is 16.5. The second kappa shape index (κ2) is 3.77. The quantitative estimate of drug-likeness (QED) is 0.657. The highest BCUT2D eigenvalue weighted by molar-refractivity contribution is 5.75. The summed E-state index contributed by atoms with van der Waals surface area (Å²) in [6, 6.07) is -0.0229. The predicted octanol–water partition coefficient (Wildman–Crippen LogP) is 0.875. The van der Waals surface area contributed by atoms with Crippen LogP contribution in [0.4, 0.5) is 4.79 Å². The van der Waals surface area contributed by atoms with Gasteiger partial charge in [0.25, 0.3) is 0 Å². The van der Waals surface area contributed by atoms with Crippen LogP contribution >= 0.6 is 0 Å². The zero-order valence-corrected chi connectivity index (χ0v) is 8.64. The third kappa shape index (κ3) is 1.85. The molecule has 4 nitrogen and oxygen atoms in total. The van der Waals surface area contributed by atoms with Crippen molar-refractivity contribution in [2.45, 2.75) is 31.7 Å². The van der Waals surface area contributed by atoms with Crippen molar-refractivity contribution in [1.29, 1.82) is 0 Å². The molecule has 0 bridgehead atoms. The Bertz CT molecular complexity index is 226. The standard InChI is InChI=1S/C10H18N2O2/c1-10(4-5-11-9(13)12-10)8-2-6-14-7-3-8/h8H,2-7H2,1H3,(H2,11,12,13). The molecule has 0 saturated carbocycles. The zero-order valence-electron chi connectivity index (χ0n) is 8.64. The first-order valence-corrected chi connectivity index (χ1v) is 5.34. The third-order valence-corrected chi connectivity index (χ3v) is 3.45. The molecule has 2 amide bonds. The largest absolute Gasteiger partial charge is 0.381 e. The van der Waals surface area contributed by atoms with Gasteiger partial charge in [0.2, 0.25) is 0 Å². The molecule has 2 aliphatic heterocycles. The lowest BCUT2D eigenvalue weighted by atomic mass is 9.77. The van der Waals surface area contributed by atoms with Crippen LogP contribution < -0.4 is 10.6 Å². The Morgan fingerprint density at radius 2 is 2.14 bits per heavy atom. The van der Waals surface area contributed by atoms with E-state index < -0.39 is 0 Å². The van der Waals surface area contributed by atoms with Crippen molar-refractivity contribution in [1.82, 2.24) is 10.6 Å². The maximum Gasteiger partial charge on any atom is 0.315 e. The molecule has 1 atom stereocenters. The van der Waals surface area contributed by atoms with Crippen molar-refractivity contribution >= 4 is 6.03 Å². The molecule has 2 fully saturated rings. The predicted molar refractivity (Wildman–Crippen MR) is 53.1 cm³/mol. The van der Waals surface area contributed by atoms with Gasteiger partial charge >= 0.3 is 6.03 Å². The number of carbonyl (C=O) groups is 1. The molecule has 0 aromatic heterocycles. The van der Waals surface area contributed by atoms with Gasteiger partial charge in [-0.25, -0.2) is 4.79 Å². The Morgan fingerprint density at radius 1 is 1.43 bits per heavy atom. The Labute approximate surface area is 84.4 Å². The van der Waals surface area contributed by atoms with Crippen molar-refractivity contribution < 1.29 is 9.53 Å². The first-order chi connectivity index (χ1) is 6.71. The average molecular weight is 198 g/mol. The first kappa shape index (κ1) is 9.77. The molecule has 2 aliphatic rings. The van der Waals surface area contributed by atoms with Crippen LogP contribution in [0.5, 0.6) is 0 Å². The number of carbonyl (C=O) groups excluding carboxylic acids is 1. The lowest BCUT2D eigenvalue weighted by molar-refractivity contribution is 0.0303. The molecule has 80 valence electrons. The Hall–Kier alpha value is -0.770. The Morgan fingerprint density at radius 3 is 2.79 bits per heavy atom. The highest BCUT2D eigenvalue weighted by Gasteiger charge is 2.38. The van der Waals surface area contributed by atoms with Crippen LogP contribution in [0.2, 0.25) is 0 Å². The molecular formula is C10H18N2O2. The van der Waals surface area contributed by atoms with Crippen LogP contribution in [0.3, 0.4) is 0 Å². The van der Waals surface area contributed by atoms with E-state index in [9.17, 15) is 4.79 Å². The van der Waals surface area contributed by atoms with Gasteiger partial charge in [0.05, 0.1) is 0 Å². The molecular weight excluding hydrogens is 180 g/mol. The lowest BCUT2D eigenvalue weighted by Crippen LogP contribution is -2.61. The molecule has 14 heavy (non-hydrogen) atoms. The molecule has 2 N–H and O–H groups in total. The van der Waals surface area contributed by atoms with E-state index in [2.05, 4.69) is 17.6 Å². The molecule has 0 spiro atoms. The van der Waals surface area contributed by atoms with Crippen LogP contribution in [0.25, 0.3) is 0 Å². The summed E-state index contributed by atoms with van der Waals surface area (Å²) in [5.74, 6) is 0.572. The molecule has 0 aliphatic carbocycles. The normalized spacial score (nSPS) is 34.8. The zero-order chi connectivity index (χ0) is 10.0. The van der Waals surface area contributed by atoms with Crippen LogP contribution in [-0.2, 0) is 4.74 Å². The SMILES string of the molecule is CC1(C2CCOCC2)CCNC(=O)N1. The summed E-state index contributed by atoms with van der Waals surface area (Å²) >= 11 is 0. The summed E-state index contributed by atoms with van der Waals surface area (Å²) < 4.78 is 5.33. The van der Waals surface area contributed by atoms with Gasteiger partial charge in [0.1, 0.15) is 0 Å². The summed E-state index contributed by atoms with van der Waals surface area (Å²) in [5.41, 5.74) is -0.0217. The minimum Gasteiger partial charge on any atom is -0.381 e. The number of amides is 2. The van der Waals surface area contributed by atoms with Gasteiger partial charge < -0.3 is 15.4 Å². The molecule has 2 saturated heterocycles. The number of nitrogens with one attached hydrogen (secondary N) is 2. The van der Waals surface area contributed by atoms with Gasteiger partial charge in [-0.1, -0.05) is 0 Å². The van der Waals surface area contributed by atoms with E-state index in [1.54, 1.807) is 0 Å². The average Bonchev–Trinajstić information content (AvgIpc) is 2.19. The van der Waals surface area contributed by atoms with Crippen LogP contribution in [0.15, 0.2) is 0 Å². The summed E-state index contributed by atoms with van der Waals surface area (Å²) in [4.78, 5) is 11.3. The van der Waals surface area contributed by atoms with Gasteiger partial charge in [-0.2, -0.15) is 0 Å². The van der Waals surface area contributed by atoms with Crippen molar-refractivity contribution in [3.63, 3.8) is 0 Å². The maximum absolute atomic E-state index is 11.3. The van der Waals surface area contributed by atoms with Crippen LogP contribution in [0, 0.1) is 5.92 Å². The minimum absolute atomic E-state index is 0.0217. The maximum atomic E-state index is 11.3. The van der Waals surface area contributed by atoms with Gasteiger partial charge in [0, 0.05) is 25.3 Å². The molecule has 1 unspecified atom stereocenters. The van der Waals surface area contributed by atoms with Gasteiger partial charge in [-0.15, -0.1) is 0 Å². The highest BCUT2D eigenvalue weighted by Crippen LogP contribution is 2.30. The number of hydrogen-bond donors (Lipinski definition) is 2.